The molecule has 0 aliphatic heterocycles. The van der Waals surface area contributed by atoms with Crippen molar-refractivity contribution in [3.63, 3.8) is 0 Å². The SMILES string of the molecule is CCN(CC)c1ccc2nc(C)ccc2c1. The minimum Gasteiger partial charge on any atom is -0.372 e. The van der Waals surface area contributed by atoms with Crippen molar-refractivity contribution in [1.29, 1.82) is 0 Å². The number of fused-ring (bicyclic) bond motifs is 1. The Morgan fingerprint density at radius 1 is 1.06 bits per heavy atom. The van der Waals surface area contributed by atoms with Gasteiger partial charge in [0.2, 0.25) is 0 Å². The Balaban J connectivity index is 2.47. The second kappa shape index (κ2) is 4.52. The Bertz CT molecular complexity index is 487. The van der Waals surface area contributed by atoms with Gasteiger partial charge in [0.15, 0.2) is 0 Å². The van der Waals surface area contributed by atoms with Gasteiger partial charge in [0.05, 0.1) is 5.52 Å². The van der Waals surface area contributed by atoms with Crippen LogP contribution in [-0.2, 0) is 0 Å². The number of pyridine rings is 1. The summed E-state index contributed by atoms with van der Waals surface area (Å²) in [5.41, 5.74) is 3.43. The smallest absolute Gasteiger partial charge is 0.0706 e. The summed E-state index contributed by atoms with van der Waals surface area (Å²) in [6.45, 7) is 8.47. The second-order valence-corrected chi connectivity index (χ2v) is 4.00. The van der Waals surface area contributed by atoms with Crippen molar-refractivity contribution >= 4 is 16.6 Å². The van der Waals surface area contributed by atoms with Gasteiger partial charge in [-0.15, -0.1) is 0 Å². The molecule has 0 fully saturated rings. The fraction of sp³-hybridized carbons (Fsp3) is 0.357. The topological polar surface area (TPSA) is 16.1 Å². The molecule has 0 saturated heterocycles. The molecule has 1 heterocycles. The highest BCUT2D eigenvalue weighted by molar-refractivity contribution is 5.82. The summed E-state index contributed by atoms with van der Waals surface area (Å²) in [6, 6.07) is 10.7. The van der Waals surface area contributed by atoms with Crippen molar-refractivity contribution in [1.82, 2.24) is 4.98 Å². The number of aryl methyl sites for hydroxylation is 1. The molecule has 0 unspecified atom stereocenters. The lowest BCUT2D eigenvalue weighted by Crippen LogP contribution is -2.21. The summed E-state index contributed by atoms with van der Waals surface area (Å²) in [5.74, 6) is 0. The van der Waals surface area contributed by atoms with Crippen molar-refractivity contribution in [3.05, 3.63) is 36.0 Å². The van der Waals surface area contributed by atoms with Gasteiger partial charge in [-0.25, -0.2) is 0 Å². The first kappa shape index (κ1) is 10.9. The number of hydrogen-bond donors (Lipinski definition) is 0. The van der Waals surface area contributed by atoms with Crippen LogP contribution in [0, 0.1) is 6.92 Å². The molecule has 0 aliphatic carbocycles. The van der Waals surface area contributed by atoms with E-state index in [4.69, 9.17) is 0 Å². The molecule has 2 aromatic rings. The van der Waals surface area contributed by atoms with Crippen LogP contribution in [0.3, 0.4) is 0 Å². The molecule has 0 atom stereocenters. The molecule has 2 rings (SSSR count). The zero-order valence-corrected chi connectivity index (χ0v) is 10.2. The fourth-order valence-electron chi connectivity index (χ4n) is 2.00. The Morgan fingerprint density at radius 2 is 1.81 bits per heavy atom. The van der Waals surface area contributed by atoms with Crippen molar-refractivity contribution < 1.29 is 0 Å². The van der Waals surface area contributed by atoms with Gasteiger partial charge in [-0.05, 0) is 45.0 Å². The van der Waals surface area contributed by atoms with E-state index in [-0.39, 0.29) is 0 Å². The maximum atomic E-state index is 4.51. The Morgan fingerprint density at radius 3 is 2.50 bits per heavy atom. The average Bonchev–Trinajstić information content (AvgIpc) is 2.31. The molecular weight excluding hydrogens is 196 g/mol. The minimum atomic E-state index is 1.04. The molecule has 0 N–H and O–H groups in total. The number of aromatic nitrogens is 1. The highest BCUT2D eigenvalue weighted by atomic mass is 15.1. The van der Waals surface area contributed by atoms with E-state index in [1.54, 1.807) is 0 Å². The lowest BCUT2D eigenvalue weighted by Gasteiger charge is -2.21. The second-order valence-electron chi connectivity index (χ2n) is 4.00. The maximum absolute atomic E-state index is 4.51. The Kier molecular flexibility index (Phi) is 3.09. The zero-order valence-electron chi connectivity index (χ0n) is 10.2. The van der Waals surface area contributed by atoms with Crippen LogP contribution in [0.2, 0.25) is 0 Å². The normalized spacial score (nSPS) is 10.7. The highest BCUT2D eigenvalue weighted by Gasteiger charge is 2.03. The van der Waals surface area contributed by atoms with Gasteiger partial charge in [0.25, 0.3) is 0 Å². The van der Waals surface area contributed by atoms with Crippen LogP contribution < -0.4 is 4.90 Å². The van der Waals surface area contributed by atoms with Gasteiger partial charge in [0, 0.05) is 29.9 Å². The highest BCUT2D eigenvalue weighted by Crippen LogP contribution is 2.21. The van der Waals surface area contributed by atoms with E-state index >= 15 is 0 Å². The molecule has 0 spiro atoms. The lowest BCUT2D eigenvalue weighted by atomic mass is 10.1. The van der Waals surface area contributed by atoms with Crippen molar-refractivity contribution in [2.24, 2.45) is 0 Å². The third kappa shape index (κ3) is 2.01. The molecule has 84 valence electrons. The van der Waals surface area contributed by atoms with E-state index in [0.29, 0.717) is 0 Å². The average molecular weight is 214 g/mol. The molecule has 16 heavy (non-hydrogen) atoms. The number of benzene rings is 1. The van der Waals surface area contributed by atoms with Gasteiger partial charge in [-0.1, -0.05) is 6.07 Å². The largest absolute Gasteiger partial charge is 0.372 e. The van der Waals surface area contributed by atoms with Crippen molar-refractivity contribution in [2.75, 3.05) is 18.0 Å². The van der Waals surface area contributed by atoms with Gasteiger partial charge >= 0.3 is 0 Å². The van der Waals surface area contributed by atoms with Crippen LogP contribution >= 0.6 is 0 Å². The molecule has 1 aromatic heterocycles. The van der Waals surface area contributed by atoms with Gasteiger partial charge in [-0.2, -0.15) is 0 Å². The molecule has 0 aliphatic rings. The van der Waals surface area contributed by atoms with Crippen LogP contribution in [0.5, 0.6) is 0 Å². The first-order chi connectivity index (χ1) is 7.74. The lowest BCUT2D eigenvalue weighted by molar-refractivity contribution is 0.867. The minimum absolute atomic E-state index is 1.04. The molecule has 2 heteroatoms. The van der Waals surface area contributed by atoms with Gasteiger partial charge in [0.1, 0.15) is 0 Å². The summed E-state index contributed by atoms with van der Waals surface area (Å²) in [6.07, 6.45) is 0. The third-order valence-corrected chi connectivity index (χ3v) is 2.94. The summed E-state index contributed by atoms with van der Waals surface area (Å²) in [5, 5.41) is 1.22. The fourth-order valence-corrected chi connectivity index (χ4v) is 2.00. The van der Waals surface area contributed by atoms with Crippen LogP contribution in [0.1, 0.15) is 19.5 Å². The molecule has 0 saturated carbocycles. The van der Waals surface area contributed by atoms with E-state index < -0.39 is 0 Å². The molecule has 0 bridgehead atoms. The standard InChI is InChI=1S/C14H18N2/c1-4-16(5-2)13-8-9-14-12(10-13)7-6-11(3)15-14/h6-10H,4-5H2,1-3H3. The van der Waals surface area contributed by atoms with Gasteiger partial charge in [-0.3, -0.25) is 4.98 Å². The zero-order chi connectivity index (χ0) is 11.5. The molecular formula is C14H18N2. The molecule has 0 radical (unpaired) electrons. The number of anilines is 1. The molecule has 0 amide bonds. The van der Waals surface area contributed by atoms with Crippen LogP contribution in [0.4, 0.5) is 5.69 Å². The summed E-state index contributed by atoms with van der Waals surface area (Å²) >= 11 is 0. The molecule has 2 nitrogen and oxygen atoms in total. The summed E-state index contributed by atoms with van der Waals surface area (Å²) in [7, 11) is 0. The third-order valence-electron chi connectivity index (χ3n) is 2.94. The van der Waals surface area contributed by atoms with Crippen molar-refractivity contribution in [3.8, 4) is 0 Å². The van der Waals surface area contributed by atoms with Crippen LogP contribution in [0.15, 0.2) is 30.3 Å². The van der Waals surface area contributed by atoms with E-state index in [9.17, 15) is 0 Å². The predicted octanol–water partition coefficient (Wildman–Crippen LogP) is 3.39. The first-order valence-electron chi connectivity index (χ1n) is 5.87. The summed E-state index contributed by atoms with van der Waals surface area (Å²) in [4.78, 5) is 6.86. The number of hydrogen-bond acceptors (Lipinski definition) is 2. The van der Waals surface area contributed by atoms with E-state index in [1.165, 1.54) is 11.1 Å². The van der Waals surface area contributed by atoms with E-state index in [1.807, 2.05) is 6.92 Å². The monoisotopic (exact) mass is 214 g/mol. The first-order valence-corrected chi connectivity index (χ1v) is 5.87. The van der Waals surface area contributed by atoms with Gasteiger partial charge < -0.3 is 4.90 Å². The summed E-state index contributed by atoms with van der Waals surface area (Å²) < 4.78 is 0. The number of nitrogens with zero attached hydrogens (tertiary/aromatic N) is 2. The van der Waals surface area contributed by atoms with Crippen LogP contribution in [-0.4, -0.2) is 18.1 Å². The predicted molar refractivity (Wildman–Crippen MR) is 70.0 cm³/mol. The van der Waals surface area contributed by atoms with Crippen molar-refractivity contribution in [2.45, 2.75) is 20.8 Å². The number of rotatable bonds is 3. The van der Waals surface area contributed by atoms with E-state index in [2.05, 4.69) is 54.1 Å². The van der Waals surface area contributed by atoms with E-state index in [0.717, 1.165) is 24.3 Å². The Labute approximate surface area is 96.9 Å². The Hall–Kier alpha value is -1.57. The molecule has 1 aromatic carbocycles. The van der Waals surface area contributed by atoms with Crippen LogP contribution in [0.25, 0.3) is 10.9 Å². The maximum Gasteiger partial charge on any atom is 0.0706 e. The quantitative estimate of drug-likeness (QED) is 0.778.